The normalized spacial score (nSPS) is 10.6. The first kappa shape index (κ1) is 11.4. The number of hydrogen-bond donors (Lipinski definition) is 0. The minimum atomic E-state index is 0.825. The predicted molar refractivity (Wildman–Crippen MR) is 76.9 cm³/mol. The third-order valence-electron chi connectivity index (χ3n) is 2.29. The molecular formula is C12H10ClIS. The van der Waals surface area contributed by atoms with Gasteiger partial charge >= 0.3 is 0 Å². The molecule has 1 heterocycles. The molecule has 0 aliphatic carbocycles. The summed E-state index contributed by atoms with van der Waals surface area (Å²) in [6, 6.07) is 8.43. The summed E-state index contributed by atoms with van der Waals surface area (Å²) in [5.74, 6) is 0. The number of aryl methyl sites for hydroxylation is 1. The third kappa shape index (κ3) is 2.55. The van der Waals surface area contributed by atoms with Crippen molar-refractivity contribution in [1.82, 2.24) is 0 Å². The fraction of sp³-hybridized carbons (Fsp3) is 0.167. The van der Waals surface area contributed by atoms with E-state index < -0.39 is 0 Å². The summed E-state index contributed by atoms with van der Waals surface area (Å²) in [5, 5.41) is 2.94. The minimum absolute atomic E-state index is 0.825. The largest absolute Gasteiger partial charge is 0.137 e. The average Bonchev–Trinajstić information content (AvgIpc) is 2.63. The van der Waals surface area contributed by atoms with Gasteiger partial charge in [-0.1, -0.05) is 24.6 Å². The zero-order valence-corrected chi connectivity index (χ0v) is 12.0. The van der Waals surface area contributed by atoms with E-state index in [1.165, 1.54) is 19.6 Å². The van der Waals surface area contributed by atoms with Gasteiger partial charge in [-0.15, -0.1) is 11.3 Å². The third-order valence-corrected chi connectivity index (χ3v) is 4.56. The van der Waals surface area contributed by atoms with Crippen molar-refractivity contribution in [2.45, 2.75) is 13.3 Å². The molecule has 0 spiro atoms. The van der Waals surface area contributed by atoms with Gasteiger partial charge in [-0.3, -0.25) is 0 Å². The van der Waals surface area contributed by atoms with Crippen molar-refractivity contribution in [1.29, 1.82) is 0 Å². The van der Waals surface area contributed by atoms with E-state index in [9.17, 15) is 0 Å². The Morgan fingerprint density at radius 3 is 2.73 bits per heavy atom. The molecule has 0 fully saturated rings. The van der Waals surface area contributed by atoms with Crippen LogP contribution in [0.5, 0.6) is 0 Å². The molecule has 2 aromatic rings. The van der Waals surface area contributed by atoms with Crippen LogP contribution in [0, 0.1) is 2.88 Å². The van der Waals surface area contributed by atoms with Gasteiger partial charge < -0.3 is 0 Å². The summed E-state index contributed by atoms with van der Waals surface area (Å²) in [6.07, 6.45) is 1.02. The van der Waals surface area contributed by atoms with Crippen LogP contribution in [0.4, 0.5) is 0 Å². The first-order valence-electron chi connectivity index (χ1n) is 4.73. The van der Waals surface area contributed by atoms with Crippen molar-refractivity contribution in [2.75, 3.05) is 0 Å². The van der Waals surface area contributed by atoms with Gasteiger partial charge in [0.1, 0.15) is 0 Å². The standard InChI is InChI=1S/C12H10ClIS/c1-2-8-5-9(7-10(13)6-8)11-3-4-15-12(11)14/h3-7H,2H2,1H3. The zero-order chi connectivity index (χ0) is 10.8. The molecule has 0 aliphatic rings. The van der Waals surface area contributed by atoms with Gasteiger partial charge in [-0.25, -0.2) is 0 Å². The number of benzene rings is 1. The van der Waals surface area contributed by atoms with Crippen molar-refractivity contribution in [2.24, 2.45) is 0 Å². The molecule has 0 saturated carbocycles. The van der Waals surface area contributed by atoms with E-state index in [2.05, 4.69) is 47.0 Å². The Balaban J connectivity index is 2.53. The molecule has 15 heavy (non-hydrogen) atoms. The molecule has 2 rings (SSSR count). The van der Waals surface area contributed by atoms with Crippen LogP contribution >= 0.6 is 45.5 Å². The maximum absolute atomic E-state index is 6.10. The first-order valence-corrected chi connectivity index (χ1v) is 7.07. The van der Waals surface area contributed by atoms with E-state index in [-0.39, 0.29) is 0 Å². The fourth-order valence-electron chi connectivity index (χ4n) is 1.51. The van der Waals surface area contributed by atoms with E-state index >= 15 is 0 Å². The van der Waals surface area contributed by atoms with Crippen LogP contribution in [0.2, 0.25) is 5.02 Å². The Bertz CT molecular complexity index is 476. The van der Waals surface area contributed by atoms with Gasteiger partial charge in [0.05, 0.1) is 2.88 Å². The molecule has 1 aromatic carbocycles. The van der Waals surface area contributed by atoms with Crippen LogP contribution in [-0.4, -0.2) is 0 Å². The van der Waals surface area contributed by atoms with E-state index in [0.717, 1.165) is 11.4 Å². The lowest BCUT2D eigenvalue weighted by molar-refractivity contribution is 1.14. The molecule has 0 bridgehead atoms. The summed E-state index contributed by atoms with van der Waals surface area (Å²) < 4.78 is 1.32. The summed E-state index contributed by atoms with van der Waals surface area (Å²) in [7, 11) is 0. The van der Waals surface area contributed by atoms with Crippen molar-refractivity contribution in [3.8, 4) is 11.1 Å². The van der Waals surface area contributed by atoms with Crippen LogP contribution in [0.25, 0.3) is 11.1 Å². The summed E-state index contributed by atoms with van der Waals surface area (Å²) in [6.45, 7) is 2.15. The van der Waals surface area contributed by atoms with Crippen molar-refractivity contribution >= 4 is 45.5 Å². The highest BCUT2D eigenvalue weighted by Gasteiger charge is 2.06. The molecule has 3 heteroatoms. The number of rotatable bonds is 2. The Morgan fingerprint density at radius 2 is 2.13 bits per heavy atom. The molecule has 0 radical (unpaired) electrons. The molecule has 0 N–H and O–H groups in total. The fourth-order valence-corrected chi connectivity index (χ4v) is 3.34. The second-order valence-electron chi connectivity index (χ2n) is 3.31. The zero-order valence-electron chi connectivity index (χ0n) is 8.26. The number of halogens is 2. The van der Waals surface area contributed by atoms with Crippen LogP contribution in [0.3, 0.4) is 0 Å². The topological polar surface area (TPSA) is 0 Å². The second kappa shape index (κ2) is 4.85. The van der Waals surface area contributed by atoms with Crippen molar-refractivity contribution in [3.05, 3.63) is 43.1 Å². The lowest BCUT2D eigenvalue weighted by Gasteiger charge is -2.04. The lowest BCUT2D eigenvalue weighted by atomic mass is 10.0. The van der Waals surface area contributed by atoms with Gasteiger partial charge in [0, 0.05) is 10.6 Å². The molecular weight excluding hydrogens is 339 g/mol. The second-order valence-corrected chi connectivity index (χ2v) is 6.47. The van der Waals surface area contributed by atoms with Crippen molar-refractivity contribution < 1.29 is 0 Å². The Morgan fingerprint density at radius 1 is 1.33 bits per heavy atom. The maximum Gasteiger partial charge on any atom is 0.0731 e. The van der Waals surface area contributed by atoms with Gasteiger partial charge in [0.15, 0.2) is 0 Å². The smallest absolute Gasteiger partial charge is 0.0731 e. The number of thiophene rings is 1. The summed E-state index contributed by atoms with van der Waals surface area (Å²) in [5.41, 5.74) is 3.81. The van der Waals surface area contributed by atoms with Crippen LogP contribution in [0.1, 0.15) is 12.5 Å². The maximum atomic E-state index is 6.10. The van der Waals surface area contributed by atoms with E-state index in [1.807, 2.05) is 12.1 Å². The quantitative estimate of drug-likeness (QED) is 0.651. The molecule has 0 nitrogen and oxygen atoms in total. The van der Waals surface area contributed by atoms with Gasteiger partial charge in [-0.2, -0.15) is 0 Å². The van der Waals surface area contributed by atoms with Gasteiger partial charge in [0.25, 0.3) is 0 Å². The van der Waals surface area contributed by atoms with E-state index in [1.54, 1.807) is 11.3 Å². The molecule has 0 atom stereocenters. The molecule has 0 saturated heterocycles. The Hall–Kier alpha value is -0.0600. The molecule has 78 valence electrons. The van der Waals surface area contributed by atoms with Crippen LogP contribution < -0.4 is 0 Å². The highest BCUT2D eigenvalue weighted by atomic mass is 127. The monoisotopic (exact) mass is 348 g/mol. The molecule has 0 amide bonds. The SMILES string of the molecule is CCc1cc(Cl)cc(-c2ccsc2I)c1. The molecule has 0 unspecified atom stereocenters. The summed E-state index contributed by atoms with van der Waals surface area (Å²) in [4.78, 5) is 0. The first-order chi connectivity index (χ1) is 7.20. The highest BCUT2D eigenvalue weighted by Crippen LogP contribution is 2.31. The van der Waals surface area contributed by atoms with E-state index in [4.69, 9.17) is 11.6 Å². The Kier molecular flexibility index (Phi) is 3.69. The average molecular weight is 349 g/mol. The van der Waals surface area contributed by atoms with Crippen LogP contribution in [-0.2, 0) is 6.42 Å². The predicted octanol–water partition coefficient (Wildman–Crippen LogP) is 5.24. The van der Waals surface area contributed by atoms with Crippen LogP contribution in [0.15, 0.2) is 29.6 Å². The molecule has 0 aliphatic heterocycles. The minimum Gasteiger partial charge on any atom is -0.137 e. The van der Waals surface area contributed by atoms with Gasteiger partial charge in [0.2, 0.25) is 0 Å². The number of hydrogen-bond acceptors (Lipinski definition) is 1. The van der Waals surface area contributed by atoms with Crippen molar-refractivity contribution in [3.63, 3.8) is 0 Å². The summed E-state index contributed by atoms with van der Waals surface area (Å²) >= 11 is 10.2. The highest BCUT2D eigenvalue weighted by molar-refractivity contribution is 14.1. The lowest BCUT2D eigenvalue weighted by Crippen LogP contribution is -1.83. The Labute approximate surface area is 112 Å². The molecule has 1 aromatic heterocycles. The van der Waals surface area contributed by atoms with E-state index in [0.29, 0.717) is 0 Å². The van der Waals surface area contributed by atoms with Gasteiger partial charge in [-0.05, 0) is 63.7 Å².